The zero-order chi connectivity index (χ0) is 14.4. The van der Waals surface area contributed by atoms with Crippen LogP contribution in [0.25, 0.3) is 0 Å². The molecule has 4 nitrogen and oxygen atoms in total. The third-order valence-electron chi connectivity index (χ3n) is 2.90. The zero-order valence-electron chi connectivity index (χ0n) is 11.2. The maximum atomic E-state index is 11.7. The van der Waals surface area contributed by atoms with Crippen LogP contribution in [0.15, 0.2) is 24.3 Å². The second-order valence-electron chi connectivity index (χ2n) is 4.84. The number of carboxylic acid groups (broad SMARTS) is 1. The summed E-state index contributed by atoms with van der Waals surface area (Å²) in [5.41, 5.74) is 0.971. The van der Waals surface area contributed by atoms with Gasteiger partial charge in [-0.2, -0.15) is 0 Å². The number of ketones is 2. The highest BCUT2D eigenvalue weighted by Gasteiger charge is 2.11. The van der Waals surface area contributed by atoms with E-state index >= 15 is 0 Å². The minimum atomic E-state index is -0.986. The first-order valence-corrected chi connectivity index (χ1v) is 6.26. The number of carbonyl (C=O) groups is 3. The van der Waals surface area contributed by atoms with Crippen LogP contribution in [0, 0.1) is 5.92 Å². The average molecular weight is 262 g/mol. The number of benzene rings is 1. The van der Waals surface area contributed by atoms with E-state index in [9.17, 15) is 14.4 Å². The number of carbonyl (C=O) groups excluding carboxylic acids is 2. The van der Waals surface area contributed by atoms with Crippen LogP contribution < -0.4 is 0 Å². The van der Waals surface area contributed by atoms with E-state index in [1.807, 2.05) is 13.8 Å². The molecule has 0 atom stereocenters. The molecule has 0 amide bonds. The summed E-state index contributed by atoms with van der Waals surface area (Å²) in [5.74, 6) is -0.935. The van der Waals surface area contributed by atoms with Crippen LogP contribution in [0.2, 0.25) is 0 Å². The standard InChI is InChI=1S/C15H18O4/c1-10(2)14(17)8-7-13(16)9-11-3-5-12(6-4-11)15(18)19/h3-6,10H,7-9H2,1-2H3,(H,18,19). The molecule has 1 N–H and O–H groups in total. The van der Waals surface area contributed by atoms with Crippen molar-refractivity contribution in [2.75, 3.05) is 0 Å². The second kappa shape index (κ2) is 6.83. The summed E-state index contributed by atoms with van der Waals surface area (Å²) in [5, 5.41) is 8.75. The van der Waals surface area contributed by atoms with Crippen LogP contribution in [-0.4, -0.2) is 22.6 Å². The molecule has 0 fully saturated rings. The van der Waals surface area contributed by atoms with Gasteiger partial charge >= 0.3 is 5.97 Å². The van der Waals surface area contributed by atoms with Crippen LogP contribution in [0.3, 0.4) is 0 Å². The number of carboxylic acids is 1. The fourth-order valence-electron chi connectivity index (χ4n) is 1.63. The number of hydrogen-bond donors (Lipinski definition) is 1. The molecule has 102 valence electrons. The predicted molar refractivity (Wildman–Crippen MR) is 71.2 cm³/mol. The molecule has 0 saturated carbocycles. The van der Waals surface area contributed by atoms with Crippen LogP contribution in [0.1, 0.15) is 42.6 Å². The van der Waals surface area contributed by atoms with Crippen molar-refractivity contribution in [3.05, 3.63) is 35.4 Å². The zero-order valence-corrected chi connectivity index (χ0v) is 11.2. The molecule has 0 unspecified atom stereocenters. The van der Waals surface area contributed by atoms with Gasteiger partial charge in [0.1, 0.15) is 11.6 Å². The molecule has 1 aromatic carbocycles. The van der Waals surface area contributed by atoms with Crippen molar-refractivity contribution in [3.8, 4) is 0 Å². The molecule has 19 heavy (non-hydrogen) atoms. The summed E-state index contributed by atoms with van der Waals surface area (Å²) in [6, 6.07) is 6.21. The molecule has 0 aliphatic carbocycles. The van der Waals surface area contributed by atoms with E-state index in [2.05, 4.69) is 0 Å². The molecule has 0 bridgehead atoms. The monoisotopic (exact) mass is 262 g/mol. The Bertz CT molecular complexity index is 471. The van der Waals surface area contributed by atoms with Gasteiger partial charge in [0.25, 0.3) is 0 Å². The van der Waals surface area contributed by atoms with E-state index in [4.69, 9.17) is 5.11 Å². The number of rotatable bonds is 7. The molecule has 0 spiro atoms. The van der Waals surface area contributed by atoms with Crippen molar-refractivity contribution < 1.29 is 19.5 Å². The Morgan fingerprint density at radius 3 is 2.11 bits per heavy atom. The minimum Gasteiger partial charge on any atom is -0.478 e. The molecule has 0 heterocycles. The fraction of sp³-hybridized carbons (Fsp3) is 0.400. The van der Waals surface area contributed by atoms with Crippen LogP contribution in [0.5, 0.6) is 0 Å². The summed E-state index contributed by atoms with van der Waals surface area (Å²) in [4.78, 5) is 33.8. The van der Waals surface area contributed by atoms with Crippen LogP contribution in [-0.2, 0) is 16.0 Å². The summed E-state index contributed by atoms with van der Waals surface area (Å²) >= 11 is 0. The first-order valence-electron chi connectivity index (χ1n) is 6.26. The van der Waals surface area contributed by atoms with E-state index in [-0.39, 0.29) is 42.3 Å². The molecule has 0 aliphatic rings. The molecular weight excluding hydrogens is 244 g/mol. The predicted octanol–water partition coefficient (Wildman–Crippen LogP) is 2.50. The lowest BCUT2D eigenvalue weighted by molar-refractivity contribution is -0.125. The highest BCUT2D eigenvalue weighted by atomic mass is 16.4. The van der Waals surface area contributed by atoms with Gasteiger partial charge in [-0.1, -0.05) is 26.0 Å². The van der Waals surface area contributed by atoms with E-state index in [0.717, 1.165) is 5.56 Å². The SMILES string of the molecule is CC(C)C(=O)CCC(=O)Cc1ccc(C(=O)O)cc1. The van der Waals surface area contributed by atoms with Crippen LogP contribution in [0.4, 0.5) is 0 Å². The molecule has 0 saturated heterocycles. The maximum absolute atomic E-state index is 11.7. The quantitative estimate of drug-likeness (QED) is 0.819. The van der Waals surface area contributed by atoms with E-state index in [1.165, 1.54) is 12.1 Å². The normalized spacial score (nSPS) is 10.5. The summed E-state index contributed by atoms with van der Waals surface area (Å²) < 4.78 is 0. The minimum absolute atomic E-state index is 0.00271. The fourth-order valence-corrected chi connectivity index (χ4v) is 1.63. The van der Waals surface area contributed by atoms with Gasteiger partial charge in [0.05, 0.1) is 5.56 Å². The number of Topliss-reactive ketones (excluding diaryl/α,β-unsaturated/α-hetero) is 2. The second-order valence-corrected chi connectivity index (χ2v) is 4.84. The number of aromatic carboxylic acids is 1. The van der Waals surface area contributed by atoms with Gasteiger partial charge in [-0.3, -0.25) is 9.59 Å². The van der Waals surface area contributed by atoms with Crippen molar-refractivity contribution in [1.29, 1.82) is 0 Å². The molecule has 1 aromatic rings. The van der Waals surface area contributed by atoms with Gasteiger partial charge in [-0.05, 0) is 17.7 Å². The van der Waals surface area contributed by atoms with Gasteiger partial charge in [0.2, 0.25) is 0 Å². The van der Waals surface area contributed by atoms with Crippen molar-refractivity contribution >= 4 is 17.5 Å². The summed E-state index contributed by atoms with van der Waals surface area (Å²) in [6.07, 6.45) is 0.771. The number of hydrogen-bond acceptors (Lipinski definition) is 3. The van der Waals surface area contributed by atoms with E-state index in [1.54, 1.807) is 12.1 Å². The highest BCUT2D eigenvalue weighted by Crippen LogP contribution is 2.09. The lowest BCUT2D eigenvalue weighted by Crippen LogP contribution is -2.11. The molecule has 4 heteroatoms. The third-order valence-corrected chi connectivity index (χ3v) is 2.90. The Balaban J connectivity index is 2.48. The Hall–Kier alpha value is -1.97. The van der Waals surface area contributed by atoms with Gasteiger partial charge in [0.15, 0.2) is 0 Å². The lowest BCUT2D eigenvalue weighted by atomic mass is 10.00. The Kier molecular flexibility index (Phi) is 5.42. The van der Waals surface area contributed by atoms with Gasteiger partial charge in [0, 0.05) is 25.2 Å². The van der Waals surface area contributed by atoms with Gasteiger partial charge in [-0.25, -0.2) is 4.79 Å². The Morgan fingerprint density at radius 1 is 1.05 bits per heavy atom. The first kappa shape index (κ1) is 15.1. The molecule has 1 rings (SSSR count). The lowest BCUT2D eigenvalue weighted by Gasteiger charge is -2.04. The van der Waals surface area contributed by atoms with Crippen molar-refractivity contribution in [1.82, 2.24) is 0 Å². The smallest absolute Gasteiger partial charge is 0.335 e. The van der Waals surface area contributed by atoms with Crippen molar-refractivity contribution in [3.63, 3.8) is 0 Å². The van der Waals surface area contributed by atoms with E-state index < -0.39 is 5.97 Å². The molecule has 0 aliphatic heterocycles. The van der Waals surface area contributed by atoms with Crippen LogP contribution >= 0.6 is 0 Å². The highest BCUT2D eigenvalue weighted by molar-refractivity contribution is 5.89. The molecule has 0 radical (unpaired) electrons. The van der Waals surface area contributed by atoms with Crippen molar-refractivity contribution in [2.45, 2.75) is 33.1 Å². The third kappa shape index (κ3) is 5.04. The van der Waals surface area contributed by atoms with Crippen molar-refractivity contribution in [2.24, 2.45) is 5.92 Å². The van der Waals surface area contributed by atoms with Gasteiger partial charge in [-0.15, -0.1) is 0 Å². The summed E-state index contributed by atoms with van der Waals surface area (Å²) in [7, 11) is 0. The molecular formula is C15H18O4. The van der Waals surface area contributed by atoms with E-state index in [0.29, 0.717) is 0 Å². The Labute approximate surface area is 112 Å². The summed E-state index contributed by atoms with van der Waals surface area (Å²) in [6.45, 7) is 3.63. The average Bonchev–Trinajstić information content (AvgIpc) is 2.36. The maximum Gasteiger partial charge on any atom is 0.335 e. The Morgan fingerprint density at radius 2 is 1.63 bits per heavy atom. The largest absolute Gasteiger partial charge is 0.478 e. The first-order chi connectivity index (χ1) is 8.90. The molecule has 0 aromatic heterocycles. The van der Waals surface area contributed by atoms with Gasteiger partial charge < -0.3 is 5.11 Å². The topological polar surface area (TPSA) is 71.4 Å².